The molecule has 0 bridgehead atoms. The van der Waals surface area contributed by atoms with Crippen LogP contribution in [0.3, 0.4) is 0 Å². The lowest BCUT2D eigenvalue weighted by atomic mass is 10.4. The molecule has 0 spiro atoms. The number of aliphatic imine (C=N–C) groups is 2. The Morgan fingerprint density at radius 3 is 3.33 bits per heavy atom. The van der Waals surface area contributed by atoms with E-state index in [2.05, 4.69) is 26.4 Å². The number of hydrogen-bond donors (Lipinski definition) is 3. The molecule has 3 N–H and O–H groups in total. The molecular formula is C4H5N5. The van der Waals surface area contributed by atoms with E-state index < -0.39 is 0 Å². The van der Waals surface area contributed by atoms with Crippen molar-refractivity contribution in [3.63, 3.8) is 0 Å². The Bertz CT molecular complexity index is 213. The lowest BCUT2D eigenvalue weighted by molar-refractivity contribution is 0.574. The standard InChI is InChI=1S/C4H5N5/c1-3-4(6-2-5-3)8-9-7-1/h1-2,7,9H,(H,5,6,8). The zero-order valence-electron chi connectivity index (χ0n) is 4.55. The summed E-state index contributed by atoms with van der Waals surface area (Å²) in [4.78, 5) is 7.83. The van der Waals surface area contributed by atoms with Crippen LogP contribution in [0.4, 0.5) is 0 Å². The predicted molar refractivity (Wildman–Crippen MR) is 33.4 cm³/mol. The van der Waals surface area contributed by atoms with Crippen molar-refractivity contribution in [3.8, 4) is 0 Å². The topological polar surface area (TPSA) is 60.8 Å². The smallest absolute Gasteiger partial charge is 0.170 e. The average Bonchev–Trinajstić information content (AvgIpc) is 2.33. The first-order valence-corrected chi connectivity index (χ1v) is 2.54. The van der Waals surface area contributed by atoms with Crippen LogP contribution in [-0.2, 0) is 0 Å². The van der Waals surface area contributed by atoms with E-state index in [1.165, 1.54) is 6.34 Å². The molecule has 0 radical (unpaired) electrons. The monoisotopic (exact) mass is 123 g/mol. The van der Waals surface area contributed by atoms with Crippen molar-refractivity contribution in [1.29, 1.82) is 0 Å². The fraction of sp³-hybridized carbons (Fsp3) is 0. The van der Waals surface area contributed by atoms with Gasteiger partial charge in [0.15, 0.2) is 5.84 Å². The zero-order valence-corrected chi connectivity index (χ0v) is 4.55. The lowest BCUT2D eigenvalue weighted by Gasteiger charge is -2.12. The van der Waals surface area contributed by atoms with E-state index in [-0.39, 0.29) is 0 Å². The summed E-state index contributed by atoms with van der Waals surface area (Å²) < 4.78 is 0. The Hall–Kier alpha value is -1.36. The van der Waals surface area contributed by atoms with Gasteiger partial charge in [0.05, 0.1) is 0 Å². The van der Waals surface area contributed by atoms with Crippen molar-refractivity contribution in [2.45, 2.75) is 0 Å². The Kier molecular flexibility index (Phi) is 0.782. The molecule has 5 heteroatoms. The quantitative estimate of drug-likeness (QED) is 0.382. The fourth-order valence-electron chi connectivity index (χ4n) is 0.678. The van der Waals surface area contributed by atoms with Gasteiger partial charge in [0.2, 0.25) is 0 Å². The maximum absolute atomic E-state index is 3.93. The molecule has 2 aliphatic heterocycles. The van der Waals surface area contributed by atoms with Gasteiger partial charge in [-0.3, -0.25) is 5.43 Å². The van der Waals surface area contributed by atoms with Gasteiger partial charge in [-0.25, -0.2) is 9.98 Å². The van der Waals surface area contributed by atoms with Gasteiger partial charge >= 0.3 is 0 Å². The van der Waals surface area contributed by atoms with Crippen LogP contribution in [0, 0.1) is 0 Å². The van der Waals surface area contributed by atoms with Crippen LogP contribution in [0.5, 0.6) is 0 Å². The van der Waals surface area contributed by atoms with Crippen molar-refractivity contribution < 1.29 is 0 Å². The molecule has 0 atom stereocenters. The second-order valence-corrected chi connectivity index (χ2v) is 1.65. The van der Waals surface area contributed by atoms with Crippen LogP contribution in [0.1, 0.15) is 0 Å². The zero-order chi connectivity index (χ0) is 6.10. The maximum Gasteiger partial charge on any atom is 0.170 e. The third kappa shape index (κ3) is 0.584. The molecule has 2 heterocycles. The van der Waals surface area contributed by atoms with Crippen LogP contribution >= 0.6 is 0 Å². The van der Waals surface area contributed by atoms with Crippen molar-refractivity contribution in [2.24, 2.45) is 9.98 Å². The van der Waals surface area contributed by atoms with Gasteiger partial charge in [0.1, 0.15) is 12.0 Å². The highest BCUT2D eigenvalue weighted by Gasteiger charge is 2.11. The first-order valence-electron chi connectivity index (χ1n) is 2.54. The van der Waals surface area contributed by atoms with Crippen LogP contribution in [-0.4, -0.2) is 12.2 Å². The first kappa shape index (κ1) is 4.51. The summed E-state index contributed by atoms with van der Waals surface area (Å²) in [5, 5.41) is 0. The Morgan fingerprint density at radius 2 is 2.44 bits per heavy atom. The summed E-state index contributed by atoms with van der Waals surface area (Å²) in [6.45, 7) is 0. The number of hydrogen-bond acceptors (Lipinski definition) is 5. The second kappa shape index (κ2) is 1.56. The minimum Gasteiger partial charge on any atom is -0.309 e. The maximum atomic E-state index is 3.93. The fourth-order valence-corrected chi connectivity index (χ4v) is 0.678. The van der Waals surface area contributed by atoms with Crippen molar-refractivity contribution in [2.75, 3.05) is 0 Å². The van der Waals surface area contributed by atoms with Crippen LogP contribution in [0.15, 0.2) is 21.9 Å². The molecule has 9 heavy (non-hydrogen) atoms. The molecule has 0 unspecified atom stereocenters. The van der Waals surface area contributed by atoms with Crippen molar-refractivity contribution in [1.82, 2.24) is 16.4 Å². The highest BCUT2D eigenvalue weighted by molar-refractivity contribution is 6.06. The van der Waals surface area contributed by atoms with Gasteiger partial charge in [-0.1, -0.05) is 0 Å². The first-order chi connectivity index (χ1) is 4.47. The minimum absolute atomic E-state index is 0.758. The van der Waals surface area contributed by atoms with Crippen LogP contribution in [0.25, 0.3) is 0 Å². The third-order valence-electron chi connectivity index (χ3n) is 1.09. The Balaban J connectivity index is 2.38. The SMILES string of the molecule is C1=NC2=CNNNC2=N1. The Morgan fingerprint density at radius 1 is 1.44 bits per heavy atom. The van der Waals surface area contributed by atoms with E-state index in [9.17, 15) is 0 Å². The summed E-state index contributed by atoms with van der Waals surface area (Å²) >= 11 is 0. The molecule has 0 aromatic rings. The van der Waals surface area contributed by atoms with E-state index in [4.69, 9.17) is 0 Å². The van der Waals surface area contributed by atoms with E-state index >= 15 is 0 Å². The summed E-state index contributed by atoms with van der Waals surface area (Å²) in [6, 6.07) is 0. The lowest BCUT2D eigenvalue weighted by Crippen LogP contribution is -2.48. The summed E-state index contributed by atoms with van der Waals surface area (Å²) in [6.07, 6.45) is 3.24. The molecule has 2 aliphatic rings. The number of fused-ring (bicyclic) bond motifs is 1. The average molecular weight is 123 g/mol. The number of hydrazine groups is 2. The Labute approximate surface area is 51.5 Å². The molecule has 0 aromatic heterocycles. The molecule has 5 nitrogen and oxygen atoms in total. The third-order valence-corrected chi connectivity index (χ3v) is 1.09. The minimum atomic E-state index is 0.758. The molecule has 0 amide bonds. The molecule has 0 fully saturated rings. The van der Waals surface area contributed by atoms with Crippen molar-refractivity contribution >= 4 is 12.2 Å². The molecular weight excluding hydrogens is 118 g/mol. The number of amidine groups is 1. The van der Waals surface area contributed by atoms with Gasteiger partial charge < -0.3 is 5.43 Å². The van der Waals surface area contributed by atoms with Crippen LogP contribution < -0.4 is 16.4 Å². The summed E-state index contributed by atoms with van der Waals surface area (Å²) in [5.41, 5.74) is 9.01. The van der Waals surface area contributed by atoms with Crippen LogP contribution in [0.2, 0.25) is 0 Å². The largest absolute Gasteiger partial charge is 0.309 e. The highest BCUT2D eigenvalue weighted by Crippen LogP contribution is 2.02. The molecule has 0 saturated heterocycles. The predicted octanol–water partition coefficient (Wildman–Crippen LogP) is -1.12. The highest BCUT2D eigenvalue weighted by atomic mass is 15.6. The van der Waals surface area contributed by atoms with E-state index in [0.29, 0.717) is 0 Å². The van der Waals surface area contributed by atoms with Gasteiger partial charge in [-0.05, 0) is 0 Å². The molecule has 0 aliphatic carbocycles. The number of nitrogens with zero attached hydrogens (tertiary/aromatic N) is 2. The van der Waals surface area contributed by atoms with E-state index in [0.717, 1.165) is 11.5 Å². The van der Waals surface area contributed by atoms with Gasteiger partial charge in [0, 0.05) is 6.20 Å². The second-order valence-electron chi connectivity index (χ2n) is 1.65. The molecule has 0 aromatic carbocycles. The van der Waals surface area contributed by atoms with Gasteiger partial charge in [0.25, 0.3) is 0 Å². The van der Waals surface area contributed by atoms with Gasteiger partial charge in [-0.2, -0.15) is 0 Å². The number of rotatable bonds is 0. The van der Waals surface area contributed by atoms with Crippen molar-refractivity contribution in [3.05, 3.63) is 11.9 Å². The normalized spacial score (nSPS) is 21.3. The van der Waals surface area contributed by atoms with E-state index in [1.807, 2.05) is 0 Å². The summed E-state index contributed by atoms with van der Waals surface area (Å²) in [5.74, 6) is 0.758. The molecule has 0 saturated carbocycles. The molecule has 2 rings (SSSR count). The summed E-state index contributed by atoms with van der Waals surface area (Å²) in [7, 11) is 0. The number of nitrogens with one attached hydrogen (secondary N) is 3. The van der Waals surface area contributed by atoms with E-state index in [1.54, 1.807) is 6.20 Å². The molecule has 46 valence electrons. The van der Waals surface area contributed by atoms with Gasteiger partial charge in [-0.15, -0.1) is 5.53 Å².